The predicted molar refractivity (Wildman–Crippen MR) is 90.4 cm³/mol. The molecule has 0 unspecified atom stereocenters. The fourth-order valence-corrected chi connectivity index (χ4v) is 2.16. The highest BCUT2D eigenvalue weighted by Crippen LogP contribution is 2.10. The Hall–Kier alpha value is -2.17. The van der Waals surface area contributed by atoms with Gasteiger partial charge in [0, 0.05) is 12.1 Å². The predicted octanol–water partition coefficient (Wildman–Crippen LogP) is 3.47. The van der Waals surface area contributed by atoms with Gasteiger partial charge in [0.25, 0.3) is 0 Å². The first kappa shape index (κ1) is 17.2. The number of hydrogen-bond donors (Lipinski definition) is 2. The highest BCUT2D eigenvalue weighted by atomic mass is 16.5. The number of carbonyl (C=O) groups is 1. The molecular weight excluding hydrogens is 290 g/mol. The van der Waals surface area contributed by atoms with Crippen molar-refractivity contribution in [3.8, 4) is 0 Å². The SMILES string of the molecule is CC(C)(COCc1ccccc1)NCc1ccc(C(=O)O)cc1. The van der Waals surface area contributed by atoms with Crippen molar-refractivity contribution in [3.63, 3.8) is 0 Å². The fraction of sp³-hybridized carbons (Fsp3) is 0.316. The number of hydrogen-bond acceptors (Lipinski definition) is 3. The van der Waals surface area contributed by atoms with E-state index >= 15 is 0 Å². The highest BCUT2D eigenvalue weighted by molar-refractivity contribution is 5.87. The van der Waals surface area contributed by atoms with E-state index < -0.39 is 5.97 Å². The number of carboxylic acids is 1. The zero-order chi connectivity index (χ0) is 16.7. The number of rotatable bonds is 8. The van der Waals surface area contributed by atoms with Gasteiger partial charge in [-0.25, -0.2) is 4.79 Å². The Balaban J connectivity index is 1.77. The van der Waals surface area contributed by atoms with Crippen molar-refractivity contribution in [1.82, 2.24) is 5.32 Å². The zero-order valence-electron chi connectivity index (χ0n) is 13.6. The number of ether oxygens (including phenoxy) is 1. The van der Waals surface area contributed by atoms with Gasteiger partial charge in [-0.15, -0.1) is 0 Å². The van der Waals surface area contributed by atoms with Crippen molar-refractivity contribution < 1.29 is 14.6 Å². The van der Waals surface area contributed by atoms with Gasteiger partial charge in [0.05, 0.1) is 18.8 Å². The largest absolute Gasteiger partial charge is 0.478 e. The van der Waals surface area contributed by atoms with E-state index in [1.807, 2.05) is 42.5 Å². The van der Waals surface area contributed by atoms with Gasteiger partial charge >= 0.3 is 5.97 Å². The van der Waals surface area contributed by atoms with E-state index in [4.69, 9.17) is 9.84 Å². The summed E-state index contributed by atoms with van der Waals surface area (Å²) in [5, 5.41) is 12.3. The molecule has 122 valence electrons. The Labute approximate surface area is 137 Å². The quantitative estimate of drug-likeness (QED) is 0.783. The van der Waals surface area contributed by atoms with Crippen molar-refractivity contribution in [3.05, 3.63) is 71.3 Å². The van der Waals surface area contributed by atoms with Crippen LogP contribution in [0, 0.1) is 0 Å². The molecule has 0 aromatic heterocycles. The van der Waals surface area contributed by atoms with Crippen LogP contribution in [0.4, 0.5) is 0 Å². The molecule has 0 fully saturated rings. The van der Waals surface area contributed by atoms with E-state index in [1.54, 1.807) is 12.1 Å². The minimum absolute atomic E-state index is 0.166. The standard InChI is InChI=1S/C19H23NO3/c1-19(2,14-23-13-16-6-4-3-5-7-16)20-12-15-8-10-17(11-9-15)18(21)22/h3-11,20H,12-14H2,1-2H3,(H,21,22). The normalized spacial score (nSPS) is 11.4. The van der Waals surface area contributed by atoms with E-state index in [-0.39, 0.29) is 5.54 Å². The highest BCUT2D eigenvalue weighted by Gasteiger charge is 2.17. The van der Waals surface area contributed by atoms with Gasteiger partial charge in [0.15, 0.2) is 0 Å². The molecule has 0 aliphatic carbocycles. The molecule has 2 aromatic rings. The summed E-state index contributed by atoms with van der Waals surface area (Å²) in [6.07, 6.45) is 0. The molecule has 0 heterocycles. The molecule has 2 N–H and O–H groups in total. The van der Waals surface area contributed by atoms with Gasteiger partial charge in [-0.2, -0.15) is 0 Å². The summed E-state index contributed by atoms with van der Waals surface area (Å²) in [4.78, 5) is 10.8. The van der Waals surface area contributed by atoms with Gasteiger partial charge in [0.2, 0.25) is 0 Å². The minimum atomic E-state index is -0.904. The lowest BCUT2D eigenvalue weighted by molar-refractivity contribution is 0.0696. The molecule has 0 aliphatic rings. The van der Waals surface area contributed by atoms with E-state index in [1.165, 1.54) is 0 Å². The van der Waals surface area contributed by atoms with Crippen LogP contribution in [0.1, 0.15) is 35.3 Å². The average molecular weight is 313 g/mol. The smallest absolute Gasteiger partial charge is 0.335 e. The molecule has 0 atom stereocenters. The molecule has 2 rings (SSSR count). The first-order chi connectivity index (χ1) is 11.0. The Morgan fingerprint density at radius 2 is 1.70 bits per heavy atom. The molecule has 2 aromatic carbocycles. The maximum atomic E-state index is 10.8. The summed E-state index contributed by atoms with van der Waals surface area (Å²) in [6, 6.07) is 17.0. The Morgan fingerprint density at radius 3 is 2.30 bits per heavy atom. The van der Waals surface area contributed by atoms with Gasteiger partial charge in [-0.3, -0.25) is 0 Å². The Kier molecular flexibility index (Phi) is 5.90. The monoisotopic (exact) mass is 313 g/mol. The lowest BCUT2D eigenvalue weighted by atomic mass is 10.1. The van der Waals surface area contributed by atoms with Crippen LogP contribution < -0.4 is 5.32 Å². The summed E-state index contributed by atoms with van der Waals surface area (Å²) in [6.45, 7) is 6.03. The zero-order valence-corrected chi connectivity index (χ0v) is 13.6. The average Bonchev–Trinajstić information content (AvgIpc) is 2.54. The third kappa shape index (κ3) is 5.85. The van der Waals surface area contributed by atoms with E-state index in [0.29, 0.717) is 25.3 Å². The van der Waals surface area contributed by atoms with Crippen molar-refractivity contribution in [2.75, 3.05) is 6.61 Å². The molecule has 0 spiro atoms. The molecule has 4 heteroatoms. The summed E-state index contributed by atoms with van der Waals surface area (Å²) >= 11 is 0. The summed E-state index contributed by atoms with van der Waals surface area (Å²) in [7, 11) is 0. The summed E-state index contributed by atoms with van der Waals surface area (Å²) in [5.41, 5.74) is 2.35. The Morgan fingerprint density at radius 1 is 1.04 bits per heavy atom. The van der Waals surface area contributed by atoms with E-state index in [2.05, 4.69) is 19.2 Å². The first-order valence-corrected chi connectivity index (χ1v) is 7.65. The molecule has 0 amide bonds. The number of nitrogens with one attached hydrogen (secondary N) is 1. The maximum absolute atomic E-state index is 10.8. The second kappa shape index (κ2) is 7.90. The fourth-order valence-electron chi connectivity index (χ4n) is 2.16. The lowest BCUT2D eigenvalue weighted by Crippen LogP contribution is -2.43. The van der Waals surface area contributed by atoms with Crippen LogP contribution in [-0.4, -0.2) is 23.2 Å². The van der Waals surface area contributed by atoms with Gasteiger partial charge < -0.3 is 15.2 Å². The van der Waals surface area contributed by atoms with Gasteiger partial charge in [-0.1, -0.05) is 42.5 Å². The Bertz CT molecular complexity index is 621. The van der Waals surface area contributed by atoms with E-state index in [0.717, 1.165) is 11.1 Å². The van der Waals surface area contributed by atoms with Crippen LogP contribution in [0.2, 0.25) is 0 Å². The van der Waals surface area contributed by atoms with Crippen LogP contribution in [0.25, 0.3) is 0 Å². The minimum Gasteiger partial charge on any atom is -0.478 e. The third-order valence-electron chi connectivity index (χ3n) is 3.55. The van der Waals surface area contributed by atoms with Crippen LogP contribution in [0.3, 0.4) is 0 Å². The molecule has 4 nitrogen and oxygen atoms in total. The summed E-state index contributed by atoms with van der Waals surface area (Å²) in [5.74, 6) is -0.904. The second-order valence-electron chi connectivity index (χ2n) is 6.22. The molecule has 0 saturated carbocycles. The van der Waals surface area contributed by atoms with Gasteiger partial charge in [-0.05, 0) is 37.1 Å². The molecule has 0 aliphatic heterocycles. The van der Waals surface area contributed by atoms with Crippen molar-refractivity contribution in [2.45, 2.75) is 32.5 Å². The van der Waals surface area contributed by atoms with Crippen molar-refractivity contribution >= 4 is 5.97 Å². The third-order valence-corrected chi connectivity index (χ3v) is 3.55. The number of carboxylic acid groups (broad SMARTS) is 1. The van der Waals surface area contributed by atoms with Crippen molar-refractivity contribution in [2.24, 2.45) is 0 Å². The van der Waals surface area contributed by atoms with Crippen LogP contribution in [0.5, 0.6) is 0 Å². The molecule has 0 saturated heterocycles. The number of aromatic carboxylic acids is 1. The molecule has 23 heavy (non-hydrogen) atoms. The maximum Gasteiger partial charge on any atom is 0.335 e. The van der Waals surface area contributed by atoms with E-state index in [9.17, 15) is 4.79 Å². The molecular formula is C19H23NO3. The second-order valence-corrected chi connectivity index (χ2v) is 6.22. The van der Waals surface area contributed by atoms with Crippen molar-refractivity contribution in [1.29, 1.82) is 0 Å². The van der Waals surface area contributed by atoms with Crippen LogP contribution in [0.15, 0.2) is 54.6 Å². The van der Waals surface area contributed by atoms with Crippen LogP contribution in [-0.2, 0) is 17.9 Å². The topological polar surface area (TPSA) is 58.6 Å². The molecule has 0 radical (unpaired) electrons. The van der Waals surface area contributed by atoms with Gasteiger partial charge in [0.1, 0.15) is 0 Å². The lowest BCUT2D eigenvalue weighted by Gasteiger charge is -2.26. The molecule has 0 bridgehead atoms. The van der Waals surface area contributed by atoms with Crippen LogP contribution >= 0.6 is 0 Å². The first-order valence-electron chi connectivity index (χ1n) is 7.65. The summed E-state index contributed by atoms with van der Waals surface area (Å²) < 4.78 is 5.78. The number of benzene rings is 2.